The van der Waals surface area contributed by atoms with Crippen molar-refractivity contribution in [2.75, 3.05) is 23.7 Å². The smallest absolute Gasteiger partial charge is 0.147 e. The van der Waals surface area contributed by atoms with E-state index in [1.807, 2.05) is 6.07 Å². The first-order valence-electron chi connectivity index (χ1n) is 9.05. The second-order valence-corrected chi connectivity index (χ2v) is 8.81. The number of hydrogen-bond acceptors (Lipinski definition) is 8. The third-order valence-corrected chi connectivity index (χ3v) is 7.24. The molecule has 2 aromatic heterocycles. The summed E-state index contributed by atoms with van der Waals surface area (Å²) in [6.07, 6.45) is 8.42. The van der Waals surface area contributed by atoms with Gasteiger partial charge < -0.3 is 21.5 Å². The van der Waals surface area contributed by atoms with Gasteiger partial charge in [-0.3, -0.25) is 0 Å². The summed E-state index contributed by atoms with van der Waals surface area (Å²) in [6.45, 7) is 1.77. The number of halogens is 1. The molecule has 0 unspecified atom stereocenters. The Hall–Kier alpha value is -1.61. The number of piperidine rings is 1. The Labute approximate surface area is 167 Å². The molecule has 2 aliphatic rings. The zero-order valence-electron chi connectivity index (χ0n) is 14.9. The number of anilines is 2. The molecule has 1 saturated carbocycles. The van der Waals surface area contributed by atoms with Crippen LogP contribution in [0, 0.1) is 5.41 Å². The molecule has 0 amide bonds. The fourth-order valence-corrected chi connectivity index (χ4v) is 5.15. The van der Waals surface area contributed by atoms with Crippen molar-refractivity contribution in [2.45, 2.75) is 47.8 Å². The van der Waals surface area contributed by atoms with Crippen LogP contribution >= 0.6 is 23.4 Å². The van der Waals surface area contributed by atoms with E-state index in [4.69, 9.17) is 23.1 Å². The third kappa shape index (κ3) is 3.71. The van der Waals surface area contributed by atoms with Gasteiger partial charge in [-0.05, 0) is 37.2 Å². The number of rotatable bonds is 3. The summed E-state index contributed by atoms with van der Waals surface area (Å²) in [4.78, 5) is 16.1. The first kappa shape index (κ1) is 18.7. The molecular weight excluding hydrogens is 384 g/mol. The molecule has 0 bridgehead atoms. The zero-order valence-corrected chi connectivity index (χ0v) is 16.5. The summed E-state index contributed by atoms with van der Waals surface area (Å²) in [5.74, 6) is 1.17. The van der Waals surface area contributed by atoms with Gasteiger partial charge in [-0.15, -0.1) is 0 Å². The van der Waals surface area contributed by atoms with Crippen LogP contribution < -0.4 is 16.4 Å². The van der Waals surface area contributed by atoms with Gasteiger partial charge in [-0.2, -0.15) is 0 Å². The minimum absolute atomic E-state index is 0.0805. The molecule has 2 fully saturated rings. The Morgan fingerprint density at radius 2 is 2.00 bits per heavy atom. The average molecular weight is 407 g/mol. The highest BCUT2D eigenvalue weighted by Crippen LogP contribution is 2.46. The molecule has 1 aliphatic carbocycles. The van der Waals surface area contributed by atoms with Crippen molar-refractivity contribution >= 4 is 35.0 Å². The zero-order chi connectivity index (χ0) is 19.0. The van der Waals surface area contributed by atoms with Crippen LogP contribution in [0.15, 0.2) is 34.6 Å². The molecule has 9 heteroatoms. The van der Waals surface area contributed by atoms with Crippen LogP contribution in [0.25, 0.3) is 0 Å². The number of pyridine rings is 1. The summed E-state index contributed by atoms with van der Waals surface area (Å²) < 4.78 is 0. The van der Waals surface area contributed by atoms with E-state index < -0.39 is 0 Å². The van der Waals surface area contributed by atoms with E-state index in [0.717, 1.165) is 48.1 Å². The first-order chi connectivity index (χ1) is 13.0. The van der Waals surface area contributed by atoms with E-state index in [0.29, 0.717) is 17.3 Å². The summed E-state index contributed by atoms with van der Waals surface area (Å²) in [6, 6.07) is 1.90. The van der Waals surface area contributed by atoms with E-state index in [1.54, 1.807) is 18.6 Å². The molecule has 5 N–H and O–H groups in total. The highest BCUT2D eigenvalue weighted by Gasteiger charge is 2.46. The van der Waals surface area contributed by atoms with Gasteiger partial charge in [-0.25, -0.2) is 15.0 Å². The molecule has 3 heterocycles. The first-order valence-corrected chi connectivity index (χ1v) is 10.2. The van der Waals surface area contributed by atoms with Gasteiger partial charge in [0.2, 0.25) is 0 Å². The lowest BCUT2D eigenvalue weighted by Crippen LogP contribution is -2.47. The molecule has 0 radical (unpaired) electrons. The van der Waals surface area contributed by atoms with Crippen molar-refractivity contribution in [2.24, 2.45) is 11.1 Å². The number of aliphatic hydroxyl groups excluding tert-OH is 1. The van der Waals surface area contributed by atoms with Gasteiger partial charge >= 0.3 is 0 Å². The highest BCUT2D eigenvalue weighted by atomic mass is 35.5. The van der Waals surface area contributed by atoms with Crippen molar-refractivity contribution in [1.82, 2.24) is 15.0 Å². The largest absolute Gasteiger partial charge is 0.393 e. The minimum Gasteiger partial charge on any atom is -0.393 e. The highest BCUT2D eigenvalue weighted by molar-refractivity contribution is 7.99. The van der Waals surface area contributed by atoms with Crippen molar-refractivity contribution < 1.29 is 5.11 Å². The van der Waals surface area contributed by atoms with Crippen LogP contribution in [-0.4, -0.2) is 45.3 Å². The second-order valence-electron chi connectivity index (χ2n) is 7.37. The molecule has 144 valence electrons. The predicted octanol–water partition coefficient (Wildman–Crippen LogP) is 2.33. The van der Waals surface area contributed by atoms with Gasteiger partial charge in [0.05, 0.1) is 23.5 Å². The fraction of sp³-hybridized carbons (Fsp3) is 0.500. The van der Waals surface area contributed by atoms with Crippen molar-refractivity contribution in [3.63, 3.8) is 0 Å². The molecule has 1 saturated heterocycles. The maximum atomic E-state index is 9.95. The van der Waals surface area contributed by atoms with Gasteiger partial charge in [0, 0.05) is 30.2 Å². The Morgan fingerprint density at radius 3 is 2.63 bits per heavy atom. The monoisotopic (exact) mass is 406 g/mol. The maximum Gasteiger partial charge on any atom is 0.147 e. The molecule has 1 aliphatic heterocycles. The Kier molecular flexibility index (Phi) is 5.15. The van der Waals surface area contributed by atoms with Crippen LogP contribution in [0.1, 0.15) is 25.7 Å². The van der Waals surface area contributed by atoms with E-state index in [2.05, 4.69) is 19.9 Å². The minimum atomic E-state index is -0.253. The molecule has 2 aromatic rings. The van der Waals surface area contributed by atoms with E-state index in [1.165, 1.54) is 11.8 Å². The summed E-state index contributed by atoms with van der Waals surface area (Å²) >= 11 is 7.60. The molecular formula is C18H23ClN6OS. The van der Waals surface area contributed by atoms with Gasteiger partial charge in [0.15, 0.2) is 0 Å². The lowest BCUT2D eigenvalue weighted by Gasteiger charge is -2.42. The van der Waals surface area contributed by atoms with Crippen LogP contribution in [0.3, 0.4) is 0 Å². The Bertz CT molecular complexity index is 812. The SMILES string of the molecule is Nc1nccc(Sc2cnc(N3CCC4(CC3)C[C@H](O)C[C@H]4N)cn2)c1Cl. The van der Waals surface area contributed by atoms with Crippen molar-refractivity contribution in [1.29, 1.82) is 0 Å². The van der Waals surface area contributed by atoms with Crippen molar-refractivity contribution in [3.05, 3.63) is 29.7 Å². The topological polar surface area (TPSA) is 114 Å². The molecule has 1 spiro atoms. The lowest BCUT2D eigenvalue weighted by molar-refractivity contribution is 0.141. The Morgan fingerprint density at radius 1 is 1.22 bits per heavy atom. The molecule has 4 rings (SSSR count). The maximum absolute atomic E-state index is 9.95. The van der Waals surface area contributed by atoms with Crippen LogP contribution in [0.2, 0.25) is 5.02 Å². The number of nitrogen functional groups attached to an aromatic ring is 1. The van der Waals surface area contributed by atoms with Gasteiger partial charge in [-0.1, -0.05) is 23.4 Å². The van der Waals surface area contributed by atoms with Gasteiger partial charge in [0.1, 0.15) is 16.7 Å². The molecule has 2 atom stereocenters. The average Bonchev–Trinajstić information content (AvgIpc) is 2.93. The number of hydrogen-bond donors (Lipinski definition) is 3. The normalized spacial score (nSPS) is 24.5. The Balaban J connectivity index is 1.41. The molecule has 27 heavy (non-hydrogen) atoms. The number of nitrogens with zero attached hydrogens (tertiary/aromatic N) is 4. The summed E-state index contributed by atoms with van der Waals surface area (Å²) in [7, 11) is 0. The number of nitrogens with two attached hydrogens (primary N) is 2. The standard InChI is InChI=1S/C18H23ClN6OS/c19-16-12(1-4-22-17(16)21)27-15-10-23-14(9-24-15)25-5-2-18(3-6-25)8-11(26)7-13(18)20/h1,4,9-11,13,26H,2-3,5-8,20H2,(H2,21,22)/t11-,13-/m1/s1. The fourth-order valence-electron chi connectivity index (χ4n) is 4.16. The van der Waals surface area contributed by atoms with Crippen molar-refractivity contribution in [3.8, 4) is 0 Å². The number of aliphatic hydroxyl groups is 1. The third-order valence-electron chi connectivity index (χ3n) is 5.75. The van der Waals surface area contributed by atoms with Crippen LogP contribution in [-0.2, 0) is 0 Å². The van der Waals surface area contributed by atoms with Crippen LogP contribution in [0.5, 0.6) is 0 Å². The predicted molar refractivity (Wildman–Crippen MR) is 107 cm³/mol. The van der Waals surface area contributed by atoms with Gasteiger partial charge in [0.25, 0.3) is 0 Å². The van der Waals surface area contributed by atoms with E-state index in [9.17, 15) is 5.11 Å². The quantitative estimate of drug-likeness (QED) is 0.711. The molecule has 0 aromatic carbocycles. The summed E-state index contributed by atoms with van der Waals surface area (Å²) in [5.41, 5.74) is 12.1. The lowest BCUT2D eigenvalue weighted by atomic mass is 9.74. The summed E-state index contributed by atoms with van der Waals surface area (Å²) in [5, 5.41) is 11.1. The number of aromatic nitrogens is 3. The van der Waals surface area contributed by atoms with E-state index >= 15 is 0 Å². The van der Waals surface area contributed by atoms with Crippen LogP contribution in [0.4, 0.5) is 11.6 Å². The second kappa shape index (κ2) is 7.43. The van der Waals surface area contributed by atoms with E-state index in [-0.39, 0.29) is 17.6 Å². The molecule has 7 nitrogen and oxygen atoms in total.